The summed E-state index contributed by atoms with van der Waals surface area (Å²) in [7, 11) is 0. The average molecular weight is 248 g/mol. The molecule has 0 amide bonds. The van der Waals surface area contributed by atoms with Gasteiger partial charge in [0.2, 0.25) is 0 Å². The van der Waals surface area contributed by atoms with Gasteiger partial charge in [-0.2, -0.15) is 0 Å². The monoisotopic (exact) mass is 248 g/mol. The topological polar surface area (TPSA) is 65.0 Å². The van der Waals surface area contributed by atoms with Gasteiger partial charge in [-0.15, -0.1) is 0 Å². The minimum atomic E-state index is -1.32. The summed E-state index contributed by atoms with van der Waals surface area (Å²) < 4.78 is 4.65. The fraction of sp³-hybridized carbons (Fsp3) is 0.917. The van der Waals surface area contributed by atoms with E-state index in [1.54, 1.807) is 13.8 Å². The van der Waals surface area contributed by atoms with Crippen LogP contribution in [0.15, 0.2) is 0 Å². The highest BCUT2D eigenvalue weighted by Crippen LogP contribution is 2.19. The molecular weight excluding hydrogens is 224 g/mol. The van der Waals surface area contributed by atoms with Gasteiger partial charge in [0, 0.05) is 0 Å². The van der Waals surface area contributed by atoms with Crippen LogP contribution in [-0.2, 0) is 14.5 Å². The van der Waals surface area contributed by atoms with Gasteiger partial charge in [0.25, 0.3) is 0 Å². The molecule has 0 saturated carbocycles. The summed E-state index contributed by atoms with van der Waals surface area (Å²) in [5.74, 6) is 0. The first-order chi connectivity index (χ1) is 7.68. The van der Waals surface area contributed by atoms with E-state index in [0.29, 0.717) is 0 Å². The van der Waals surface area contributed by atoms with Crippen LogP contribution in [0, 0.1) is 0 Å². The standard InChI is InChI=1S/C12H24O5/c1-6-7-8-11(2,3)17-15-9-12(4,5)16-10(13)14/h6-9H2,1-5H3,(H,13,14). The molecule has 0 saturated heterocycles. The van der Waals surface area contributed by atoms with Gasteiger partial charge in [0.05, 0.1) is 5.60 Å². The molecule has 0 atom stereocenters. The third-order valence-electron chi connectivity index (χ3n) is 2.19. The van der Waals surface area contributed by atoms with Crippen molar-refractivity contribution in [3.8, 4) is 0 Å². The van der Waals surface area contributed by atoms with Crippen molar-refractivity contribution in [1.29, 1.82) is 0 Å². The van der Waals surface area contributed by atoms with Crippen molar-refractivity contribution in [3.05, 3.63) is 0 Å². The van der Waals surface area contributed by atoms with Crippen LogP contribution in [0.1, 0.15) is 53.9 Å². The lowest BCUT2D eigenvalue weighted by atomic mass is 10.0. The number of rotatable bonds is 8. The number of hydrogen-bond donors (Lipinski definition) is 1. The second-order valence-corrected chi connectivity index (χ2v) is 5.34. The molecule has 17 heavy (non-hydrogen) atoms. The molecule has 0 aromatic rings. The smallest absolute Gasteiger partial charge is 0.450 e. The highest BCUT2D eigenvalue weighted by Gasteiger charge is 2.26. The Kier molecular flexibility index (Phi) is 6.49. The molecule has 0 radical (unpaired) electrons. The lowest BCUT2D eigenvalue weighted by Crippen LogP contribution is -2.35. The summed E-state index contributed by atoms with van der Waals surface area (Å²) >= 11 is 0. The number of carboxylic acid groups (broad SMARTS) is 1. The Balaban J connectivity index is 3.92. The second kappa shape index (κ2) is 6.81. The van der Waals surface area contributed by atoms with E-state index in [1.807, 2.05) is 13.8 Å². The summed E-state index contributed by atoms with van der Waals surface area (Å²) in [4.78, 5) is 20.7. The zero-order chi connectivity index (χ0) is 13.5. The third-order valence-corrected chi connectivity index (χ3v) is 2.19. The molecule has 5 nitrogen and oxygen atoms in total. The second-order valence-electron chi connectivity index (χ2n) is 5.34. The maximum atomic E-state index is 10.4. The van der Waals surface area contributed by atoms with Crippen LogP contribution in [0.5, 0.6) is 0 Å². The fourth-order valence-corrected chi connectivity index (χ4v) is 1.24. The van der Waals surface area contributed by atoms with Gasteiger partial charge < -0.3 is 9.84 Å². The van der Waals surface area contributed by atoms with Gasteiger partial charge >= 0.3 is 6.16 Å². The summed E-state index contributed by atoms with van der Waals surface area (Å²) in [6, 6.07) is 0. The van der Waals surface area contributed by atoms with E-state index >= 15 is 0 Å². The summed E-state index contributed by atoms with van der Waals surface area (Å²) in [6.07, 6.45) is 1.74. The Hall–Kier alpha value is -0.810. The van der Waals surface area contributed by atoms with E-state index in [-0.39, 0.29) is 12.2 Å². The molecule has 0 aliphatic rings. The quantitative estimate of drug-likeness (QED) is 0.405. The van der Waals surface area contributed by atoms with Crippen LogP contribution in [0.25, 0.3) is 0 Å². The number of hydrogen-bond acceptors (Lipinski definition) is 4. The average Bonchev–Trinajstić information content (AvgIpc) is 2.11. The van der Waals surface area contributed by atoms with E-state index in [0.717, 1.165) is 19.3 Å². The van der Waals surface area contributed by atoms with Gasteiger partial charge in [-0.1, -0.05) is 19.8 Å². The van der Waals surface area contributed by atoms with E-state index in [1.165, 1.54) is 0 Å². The molecule has 0 aliphatic heterocycles. The molecule has 102 valence electrons. The maximum absolute atomic E-state index is 10.4. The third kappa shape index (κ3) is 8.94. The molecule has 0 spiro atoms. The molecule has 0 aromatic carbocycles. The van der Waals surface area contributed by atoms with Crippen molar-refractivity contribution in [3.63, 3.8) is 0 Å². The molecule has 0 heterocycles. The lowest BCUT2D eigenvalue weighted by molar-refractivity contribution is -0.367. The first-order valence-corrected chi connectivity index (χ1v) is 5.91. The summed E-state index contributed by atoms with van der Waals surface area (Å²) in [5.41, 5.74) is -1.28. The Bertz CT molecular complexity index is 235. The highest BCUT2D eigenvalue weighted by atomic mass is 17.2. The predicted octanol–water partition coefficient (Wildman–Crippen LogP) is 3.38. The highest BCUT2D eigenvalue weighted by molar-refractivity contribution is 5.57. The van der Waals surface area contributed by atoms with E-state index in [9.17, 15) is 4.79 Å². The van der Waals surface area contributed by atoms with Crippen molar-refractivity contribution >= 4 is 6.16 Å². The van der Waals surface area contributed by atoms with Crippen molar-refractivity contribution in [2.24, 2.45) is 0 Å². The first kappa shape index (κ1) is 16.2. The molecule has 0 bridgehead atoms. The van der Waals surface area contributed by atoms with Gasteiger partial charge in [-0.25, -0.2) is 14.6 Å². The van der Waals surface area contributed by atoms with Crippen LogP contribution >= 0.6 is 0 Å². The van der Waals surface area contributed by atoms with Crippen LogP contribution in [0.2, 0.25) is 0 Å². The van der Waals surface area contributed by atoms with E-state index in [2.05, 4.69) is 11.7 Å². The molecule has 5 heteroatoms. The number of ether oxygens (including phenoxy) is 1. The largest absolute Gasteiger partial charge is 0.506 e. The molecule has 0 aromatic heterocycles. The molecule has 0 unspecified atom stereocenters. The maximum Gasteiger partial charge on any atom is 0.506 e. The Labute approximate surface area is 103 Å². The number of unbranched alkanes of at least 4 members (excludes halogenated alkanes) is 1. The van der Waals surface area contributed by atoms with E-state index < -0.39 is 11.8 Å². The predicted molar refractivity (Wildman–Crippen MR) is 63.8 cm³/mol. The first-order valence-electron chi connectivity index (χ1n) is 5.91. The van der Waals surface area contributed by atoms with Gasteiger partial charge in [-0.05, 0) is 34.1 Å². The van der Waals surface area contributed by atoms with Gasteiger partial charge in [0.1, 0.15) is 12.2 Å². The SMILES string of the molecule is CCCCC(C)(C)OOCC(C)(C)OC(=O)O. The van der Waals surface area contributed by atoms with Crippen molar-refractivity contribution in [2.75, 3.05) is 6.61 Å². The van der Waals surface area contributed by atoms with Crippen molar-refractivity contribution < 1.29 is 24.4 Å². The number of carbonyl (C=O) groups is 1. The Morgan fingerprint density at radius 3 is 2.24 bits per heavy atom. The van der Waals surface area contributed by atoms with Crippen molar-refractivity contribution in [1.82, 2.24) is 0 Å². The Morgan fingerprint density at radius 1 is 1.18 bits per heavy atom. The molecule has 1 N–H and O–H groups in total. The summed E-state index contributed by atoms with van der Waals surface area (Å²) in [5, 5.41) is 8.51. The minimum absolute atomic E-state index is 0.0643. The van der Waals surface area contributed by atoms with Crippen LogP contribution in [0.4, 0.5) is 4.79 Å². The molecular formula is C12H24O5. The van der Waals surface area contributed by atoms with Crippen LogP contribution in [0.3, 0.4) is 0 Å². The fourth-order valence-electron chi connectivity index (χ4n) is 1.24. The normalized spacial score (nSPS) is 12.5. The van der Waals surface area contributed by atoms with Gasteiger partial charge in [0.15, 0.2) is 0 Å². The zero-order valence-corrected chi connectivity index (χ0v) is 11.4. The summed E-state index contributed by atoms with van der Waals surface area (Å²) in [6.45, 7) is 9.31. The van der Waals surface area contributed by atoms with Crippen LogP contribution < -0.4 is 0 Å². The van der Waals surface area contributed by atoms with Crippen LogP contribution in [-0.4, -0.2) is 29.1 Å². The van der Waals surface area contributed by atoms with E-state index in [4.69, 9.17) is 14.9 Å². The molecule has 0 rings (SSSR count). The lowest BCUT2D eigenvalue weighted by Gasteiger charge is -2.27. The zero-order valence-electron chi connectivity index (χ0n) is 11.4. The van der Waals surface area contributed by atoms with Gasteiger partial charge in [-0.3, -0.25) is 0 Å². The Morgan fingerprint density at radius 2 is 1.76 bits per heavy atom. The molecule has 0 aliphatic carbocycles. The molecule has 0 fully saturated rings. The van der Waals surface area contributed by atoms with Crippen molar-refractivity contribution in [2.45, 2.75) is 65.1 Å². The minimum Gasteiger partial charge on any atom is -0.450 e.